The fourth-order valence-electron chi connectivity index (χ4n) is 3.03. The third-order valence-corrected chi connectivity index (χ3v) is 4.18. The van der Waals surface area contributed by atoms with E-state index in [1.54, 1.807) is 18.2 Å². The fraction of sp³-hybridized carbons (Fsp3) is 0.500. The average Bonchev–Trinajstić information content (AvgIpc) is 3.20. The second kappa shape index (κ2) is 7.55. The molecule has 1 N–H and O–H groups in total. The van der Waals surface area contributed by atoms with Crippen molar-refractivity contribution in [2.45, 2.75) is 46.2 Å². The predicted molar refractivity (Wildman–Crippen MR) is 93.0 cm³/mol. The summed E-state index contributed by atoms with van der Waals surface area (Å²) in [5.41, 5.74) is 0.528. The Morgan fingerprint density at radius 3 is 2.76 bits per heavy atom. The van der Waals surface area contributed by atoms with Crippen molar-refractivity contribution in [1.82, 2.24) is 20.1 Å². The van der Waals surface area contributed by atoms with Gasteiger partial charge < -0.3 is 19.4 Å². The number of nitrogens with zero attached hydrogens (tertiary/aromatic N) is 3. The summed E-state index contributed by atoms with van der Waals surface area (Å²) < 4.78 is 13.2. The SMILES string of the molecule is CCOc1ccc(C(=O)N[C@@H](C)c2nnc3n2CCC3)cc1OCC. The lowest BCUT2D eigenvalue weighted by molar-refractivity contribution is 0.0937. The van der Waals surface area contributed by atoms with Crippen LogP contribution in [0.2, 0.25) is 0 Å². The van der Waals surface area contributed by atoms with Gasteiger partial charge in [0.05, 0.1) is 19.3 Å². The molecule has 25 heavy (non-hydrogen) atoms. The van der Waals surface area contributed by atoms with Crippen LogP contribution in [-0.4, -0.2) is 33.9 Å². The van der Waals surface area contributed by atoms with Gasteiger partial charge in [-0.05, 0) is 45.4 Å². The molecule has 0 spiro atoms. The largest absolute Gasteiger partial charge is 0.490 e. The Labute approximate surface area is 147 Å². The standard InChI is InChI=1S/C18H24N4O3/c1-4-24-14-9-8-13(11-15(14)25-5-2)18(23)19-12(3)17-21-20-16-7-6-10-22(16)17/h8-9,11-12H,4-7,10H2,1-3H3,(H,19,23)/t12-/m0/s1. The van der Waals surface area contributed by atoms with Gasteiger partial charge in [-0.3, -0.25) is 4.79 Å². The van der Waals surface area contributed by atoms with Gasteiger partial charge in [0, 0.05) is 18.5 Å². The molecule has 0 saturated heterocycles. The molecule has 134 valence electrons. The van der Waals surface area contributed by atoms with E-state index in [4.69, 9.17) is 9.47 Å². The normalized spacial score (nSPS) is 14.0. The van der Waals surface area contributed by atoms with Crippen molar-refractivity contribution in [2.24, 2.45) is 0 Å². The minimum atomic E-state index is -0.214. The lowest BCUT2D eigenvalue weighted by atomic mass is 10.1. The van der Waals surface area contributed by atoms with Crippen molar-refractivity contribution in [3.63, 3.8) is 0 Å². The highest BCUT2D eigenvalue weighted by molar-refractivity contribution is 5.95. The molecule has 0 fully saturated rings. The lowest BCUT2D eigenvalue weighted by Gasteiger charge is -2.15. The number of aromatic nitrogens is 3. The maximum absolute atomic E-state index is 12.6. The quantitative estimate of drug-likeness (QED) is 0.835. The van der Waals surface area contributed by atoms with Crippen LogP contribution in [-0.2, 0) is 13.0 Å². The summed E-state index contributed by atoms with van der Waals surface area (Å²) in [6.45, 7) is 7.69. The molecule has 1 aliphatic rings. The van der Waals surface area contributed by atoms with E-state index in [0.29, 0.717) is 30.3 Å². The topological polar surface area (TPSA) is 78.3 Å². The van der Waals surface area contributed by atoms with E-state index in [0.717, 1.165) is 31.0 Å². The smallest absolute Gasteiger partial charge is 0.252 e. The highest BCUT2D eigenvalue weighted by Crippen LogP contribution is 2.29. The molecule has 0 aliphatic carbocycles. The first-order valence-electron chi connectivity index (χ1n) is 8.76. The van der Waals surface area contributed by atoms with Crippen molar-refractivity contribution in [3.8, 4) is 11.5 Å². The van der Waals surface area contributed by atoms with E-state index < -0.39 is 0 Å². The van der Waals surface area contributed by atoms with Crippen LogP contribution in [0, 0.1) is 0 Å². The van der Waals surface area contributed by atoms with Crippen LogP contribution in [0.5, 0.6) is 11.5 Å². The van der Waals surface area contributed by atoms with Crippen LogP contribution in [0.25, 0.3) is 0 Å². The number of carbonyl (C=O) groups excluding carboxylic acids is 1. The zero-order valence-electron chi connectivity index (χ0n) is 14.9. The van der Waals surface area contributed by atoms with Crippen molar-refractivity contribution in [2.75, 3.05) is 13.2 Å². The van der Waals surface area contributed by atoms with Crippen molar-refractivity contribution < 1.29 is 14.3 Å². The van der Waals surface area contributed by atoms with Crippen molar-refractivity contribution >= 4 is 5.91 Å². The summed E-state index contributed by atoms with van der Waals surface area (Å²) in [5.74, 6) is 2.84. The Morgan fingerprint density at radius 2 is 2.00 bits per heavy atom. The molecule has 7 heteroatoms. The molecule has 7 nitrogen and oxygen atoms in total. The maximum Gasteiger partial charge on any atom is 0.252 e. The molecule has 1 aromatic heterocycles. The number of carbonyl (C=O) groups is 1. The van der Waals surface area contributed by atoms with Gasteiger partial charge in [-0.25, -0.2) is 0 Å². The Morgan fingerprint density at radius 1 is 1.24 bits per heavy atom. The van der Waals surface area contributed by atoms with Gasteiger partial charge in [0.2, 0.25) is 0 Å². The number of fused-ring (bicyclic) bond motifs is 1. The van der Waals surface area contributed by atoms with Crippen LogP contribution in [0.4, 0.5) is 0 Å². The lowest BCUT2D eigenvalue weighted by Crippen LogP contribution is -2.28. The van der Waals surface area contributed by atoms with Gasteiger partial charge in [-0.15, -0.1) is 10.2 Å². The molecule has 2 heterocycles. The minimum Gasteiger partial charge on any atom is -0.490 e. The number of hydrogen-bond acceptors (Lipinski definition) is 5. The zero-order valence-corrected chi connectivity index (χ0v) is 14.9. The van der Waals surface area contributed by atoms with Crippen LogP contribution in [0.1, 0.15) is 55.2 Å². The van der Waals surface area contributed by atoms with E-state index in [2.05, 4.69) is 20.1 Å². The van der Waals surface area contributed by atoms with E-state index in [1.165, 1.54) is 0 Å². The van der Waals surface area contributed by atoms with E-state index in [1.807, 2.05) is 20.8 Å². The maximum atomic E-state index is 12.6. The molecule has 1 atom stereocenters. The molecule has 3 rings (SSSR count). The molecule has 1 aromatic carbocycles. The third kappa shape index (κ3) is 3.60. The Bertz CT molecular complexity index is 757. The van der Waals surface area contributed by atoms with Gasteiger partial charge in [-0.2, -0.15) is 0 Å². The summed E-state index contributed by atoms with van der Waals surface area (Å²) in [7, 11) is 0. The number of hydrogen-bond donors (Lipinski definition) is 1. The minimum absolute atomic E-state index is 0.174. The molecule has 0 radical (unpaired) electrons. The molecular formula is C18H24N4O3. The van der Waals surface area contributed by atoms with Crippen LogP contribution >= 0.6 is 0 Å². The van der Waals surface area contributed by atoms with Crippen LogP contribution in [0.15, 0.2) is 18.2 Å². The monoisotopic (exact) mass is 344 g/mol. The Hall–Kier alpha value is -2.57. The summed E-state index contributed by atoms with van der Waals surface area (Å²) >= 11 is 0. The summed E-state index contributed by atoms with van der Waals surface area (Å²) in [4.78, 5) is 12.6. The van der Waals surface area contributed by atoms with Gasteiger partial charge in [0.25, 0.3) is 5.91 Å². The van der Waals surface area contributed by atoms with Gasteiger partial charge in [0.15, 0.2) is 17.3 Å². The van der Waals surface area contributed by atoms with Crippen molar-refractivity contribution in [1.29, 1.82) is 0 Å². The fourth-order valence-corrected chi connectivity index (χ4v) is 3.03. The van der Waals surface area contributed by atoms with Crippen LogP contribution < -0.4 is 14.8 Å². The first-order valence-corrected chi connectivity index (χ1v) is 8.76. The van der Waals surface area contributed by atoms with Gasteiger partial charge >= 0.3 is 0 Å². The molecule has 1 amide bonds. The first-order chi connectivity index (χ1) is 12.1. The number of rotatable bonds is 7. The molecular weight excluding hydrogens is 320 g/mol. The highest BCUT2D eigenvalue weighted by Gasteiger charge is 2.23. The molecule has 0 unspecified atom stereocenters. The number of nitrogens with one attached hydrogen (secondary N) is 1. The number of amides is 1. The predicted octanol–water partition coefficient (Wildman–Crippen LogP) is 2.51. The Kier molecular flexibility index (Phi) is 5.21. The second-order valence-electron chi connectivity index (χ2n) is 5.95. The second-order valence-corrected chi connectivity index (χ2v) is 5.95. The molecule has 0 saturated carbocycles. The Balaban J connectivity index is 1.75. The van der Waals surface area contributed by atoms with E-state index in [-0.39, 0.29) is 11.9 Å². The molecule has 0 bridgehead atoms. The van der Waals surface area contributed by atoms with Gasteiger partial charge in [0.1, 0.15) is 5.82 Å². The number of aryl methyl sites for hydroxylation is 1. The average molecular weight is 344 g/mol. The van der Waals surface area contributed by atoms with Crippen molar-refractivity contribution in [3.05, 3.63) is 35.4 Å². The molecule has 2 aromatic rings. The van der Waals surface area contributed by atoms with E-state index in [9.17, 15) is 4.79 Å². The summed E-state index contributed by atoms with van der Waals surface area (Å²) in [6.07, 6.45) is 2.03. The number of benzene rings is 1. The summed E-state index contributed by atoms with van der Waals surface area (Å²) in [6, 6.07) is 5.01. The first kappa shape index (κ1) is 17.3. The van der Waals surface area contributed by atoms with Gasteiger partial charge in [-0.1, -0.05) is 0 Å². The van der Waals surface area contributed by atoms with Crippen LogP contribution in [0.3, 0.4) is 0 Å². The zero-order chi connectivity index (χ0) is 17.8. The van der Waals surface area contributed by atoms with E-state index >= 15 is 0 Å². The summed E-state index contributed by atoms with van der Waals surface area (Å²) in [5, 5.41) is 11.4. The highest BCUT2D eigenvalue weighted by atomic mass is 16.5. The number of ether oxygens (including phenoxy) is 2. The molecule has 1 aliphatic heterocycles. The third-order valence-electron chi connectivity index (χ3n) is 4.18.